The maximum Gasteiger partial charge on any atom is 0.217 e. The number of hydrogen-bond donors (Lipinski definition) is 2. The monoisotopic (exact) mass is 324 g/mol. The van der Waals surface area contributed by atoms with Gasteiger partial charge >= 0.3 is 0 Å². The van der Waals surface area contributed by atoms with Gasteiger partial charge in [-0.15, -0.1) is 0 Å². The van der Waals surface area contributed by atoms with Crippen LogP contribution in [0.15, 0.2) is 12.2 Å². The zero-order valence-corrected chi connectivity index (χ0v) is 15.2. The number of primary amides is 1. The molecule has 0 radical (unpaired) electrons. The van der Waals surface area contributed by atoms with Gasteiger partial charge in [-0.2, -0.15) is 0 Å². The number of unbranched alkanes of at least 4 members (excludes halogenated alkanes) is 13. The summed E-state index contributed by atoms with van der Waals surface area (Å²) in [5.74, 6) is -0.167. The molecule has 3 heteroatoms. The van der Waals surface area contributed by atoms with Crippen LogP contribution in [0, 0.1) is 0 Å². The van der Waals surface area contributed by atoms with Gasteiger partial charge in [-0.1, -0.05) is 69.9 Å². The summed E-state index contributed by atoms with van der Waals surface area (Å²) in [6.45, 7) is 0.849. The van der Waals surface area contributed by atoms with E-state index >= 15 is 0 Å². The molecule has 0 unspecified atom stereocenters. The first kappa shape index (κ1) is 22.2. The Kier molecular flexibility index (Phi) is 18.5. The van der Waals surface area contributed by atoms with E-state index in [1.54, 1.807) is 0 Å². The highest BCUT2D eigenvalue weighted by Gasteiger charge is 1.94. The van der Waals surface area contributed by atoms with Crippen LogP contribution in [0.4, 0.5) is 0 Å². The van der Waals surface area contributed by atoms with Crippen molar-refractivity contribution >= 4 is 5.91 Å². The summed E-state index contributed by atoms with van der Waals surface area (Å²) in [7, 11) is 0. The highest BCUT2D eigenvalue weighted by molar-refractivity contribution is 5.73. The fraction of sp³-hybridized carbons (Fsp3) is 0.850. The molecular weight excluding hydrogens is 284 g/mol. The third-order valence-electron chi connectivity index (χ3n) is 4.29. The summed E-state index contributed by atoms with van der Waals surface area (Å²) >= 11 is 0. The molecule has 0 saturated carbocycles. The molecule has 0 aliphatic heterocycles. The van der Waals surface area contributed by atoms with Gasteiger partial charge in [0.05, 0.1) is 0 Å². The van der Waals surface area contributed by atoms with Crippen molar-refractivity contribution in [2.75, 3.05) is 6.54 Å². The average Bonchev–Trinajstić information content (AvgIpc) is 2.53. The molecule has 0 atom stereocenters. The van der Waals surface area contributed by atoms with Gasteiger partial charge in [-0.05, 0) is 45.1 Å². The highest BCUT2D eigenvalue weighted by atomic mass is 16.1. The van der Waals surface area contributed by atoms with Crippen LogP contribution in [0.5, 0.6) is 0 Å². The Hall–Kier alpha value is -0.830. The topological polar surface area (TPSA) is 69.1 Å². The Morgan fingerprint density at radius 3 is 1.43 bits per heavy atom. The van der Waals surface area contributed by atoms with Crippen LogP contribution in [0.3, 0.4) is 0 Å². The molecule has 0 saturated heterocycles. The molecule has 136 valence electrons. The molecule has 4 N–H and O–H groups in total. The third-order valence-corrected chi connectivity index (χ3v) is 4.29. The van der Waals surface area contributed by atoms with E-state index in [1.165, 1.54) is 83.5 Å². The second kappa shape index (κ2) is 19.2. The van der Waals surface area contributed by atoms with Crippen LogP contribution in [-0.4, -0.2) is 12.5 Å². The molecular formula is C20H40N2O. The minimum atomic E-state index is -0.167. The number of nitrogens with two attached hydrogens (primary N) is 2. The summed E-state index contributed by atoms with van der Waals surface area (Å²) in [6.07, 6.45) is 24.3. The zero-order chi connectivity index (χ0) is 17.0. The van der Waals surface area contributed by atoms with Crippen molar-refractivity contribution in [1.82, 2.24) is 0 Å². The van der Waals surface area contributed by atoms with Gasteiger partial charge < -0.3 is 11.5 Å². The van der Waals surface area contributed by atoms with E-state index in [1.807, 2.05) is 0 Å². The SMILES string of the molecule is NCCCCCCCCCCC=CCCCCCCCC(N)=O. The quantitative estimate of drug-likeness (QED) is 0.268. The highest BCUT2D eigenvalue weighted by Crippen LogP contribution is 2.11. The summed E-state index contributed by atoms with van der Waals surface area (Å²) in [6, 6.07) is 0. The molecule has 0 aromatic carbocycles. The van der Waals surface area contributed by atoms with Crippen LogP contribution in [0.2, 0.25) is 0 Å². The van der Waals surface area contributed by atoms with Crippen molar-refractivity contribution in [3.8, 4) is 0 Å². The van der Waals surface area contributed by atoms with Gasteiger partial charge in [-0.25, -0.2) is 0 Å². The summed E-state index contributed by atoms with van der Waals surface area (Å²) < 4.78 is 0. The van der Waals surface area contributed by atoms with Gasteiger partial charge in [0.1, 0.15) is 0 Å². The Labute approximate surface area is 144 Å². The van der Waals surface area contributed by atoms with Crippen LogP contribution in [-0.2, 0) is 4.79 Å². The molecule has 0 spiro atoms. The molecule has 1 amide bonds. The van der Waals surface area contributed by atoms with Crippen molar-refractivity contribution in [2.24, 2.45) is 11.5 Å². The van der Waals surface area contributed by atoms with Crippen molar-refractivity contribution in [1.29, 1.82) is 0 Å². The van der Waals surface area contributed by atoms with E-state index in [9.17, 15) is 4.79 Å². The van der Waals surface area contributed by atoms with Gasteiger partial charge in [0.15, 0.2) is 0 Å². The molecule has 0 aliphatic rings. The predicted octanol–water partition coefficient (Wildman–Crippen LogP) is 5.23. The number of allylic oxidation sites excluding steroid dienone is 2. The Bertz CT molecular complexity index is 277. The van der Waals surface area contributed by atoms with Crippen LogP contribution in [0.1, 0.15) is 103 Å². The fourth-order valence-corrected chi connectivity index (χ4v) is 2.79. The van der Waals surface area contributed by atoms with E-state index < -0.39 is 0 Å². The summed E-state index contributed by atoms with van der Waals surface area (Å²) in [4.78, 5) is 10.6. The van der Waals surface area contributed by atoms with Crippen LogP contribution < -0.4 is 11.5 Å². The van der Waals surface area contributed by atoms with Crippen molar-refractivity contribution in [2.45, 2.75) is 103 Å². The minimum Gasteiger partial charge on any atom is -0.370 e. The van der Waals surface area contributed by atoms with E-state index in [4.69, 9.17) is 11.5 Å². The lowest BCUT2D eigenvalue weighted by molar-refractivity contribution is -0.118. The number of carbonyl (C=O) groups is 1. The largest absolute Gasteiger partial charge is 0.370 e. The Morgan fingerprint density at radius 2 is 1.00 bits per heavy atom. The standard InChI is InChI=1S/C20H40N2O/c21-19-17-15-13-11-9-7-5-3-1-2-4-6-8-10-12-14-16-18-20(22)23/h2,4H,1,3,5-19,21H2,(H2,22,23). The summed E-state index contributed by atoms with van der Waals surface area (Å²) in [5.41, 5.74) is 10.6. The van der Waals surface area contributed by atoms with E-state index in [0.29, 0.717) is 6.42 Å². The first-order valence-corrected chi connectivity index (χ1v) is 9.90. The van der Waals surface area contributed by atoms with E-state index in [2.05, 4.69) is 12.2 Å². The molecule has 0 fully saturated rings. The molecule has 23 heavy (non-hydrogen) atoms. The smallest absolute Gasteiger partial charge is 0.217 e. The normalized spacial score (nSPS) is 11.3. The van der Waals surface area contributed by atoms with E-state index in [-0.39, 0.29) is 5.91 Å². The molecule has 0 aromatic heterocycles. The number of carbonyl (C=O) groups excluding carboxylic acids is 1. The predicted molar refractivity (Wildman–Crippen MR) is 101 cm³/mol. The molecule has 0 aromatic rings. The van der Waals surface area contributed by atoms with Crippen molar-refractivity contribution in [3.05, 3.63) is 12.2 Å². The molecule has 0 rings (SSSR count). The maximum absolute atomic E-state index is 10.6. The second-order valence-electron chi connectivity index (χ2n) is 6.65. The fourth-order valence-electron chi connectivity index (χ4n) is 2.79. The lowest BCUT2D eigenvalue weighted by atomic mass is 10.1. The first-order chi connectivity index (χ1) is 11.3. The lowest BCUT2D eigenvalue weighted by Crippen LogP contribution is -2.09. The molecule has 0 heterocycles. The van der Waals surface area contributed by atoms with Crippen molar-refractivity contribution < 1.29 is 4.79 Å². The molecule has 0 bridgehead atoms. The lowest BCUT2D eigenvalue weighted by Gasteiger charge is -2.00. The Morgan fingerprint density at radius 1 is 0.609 bits per heavy atom. The van der Waals surface area contributed by atoms with Crippen LogP contribution >= 0.6 is 0 Å². The van der Waals surface area contributed by atoms with Gasteiger partial charge in [0.25, 0.3) is 0 Å². The maximum atomic E-state index is 10.6. The van der Waals surface area contributed by atoms with Crippen LogP contribution in [0.25, 0.3) is 0 Å². The van der Waals surface area contributed by atoms with Gasteiger partial charge in [0.2, 0.25) is 5.91 Å². The summed E-state index contributed by atoms with van der Waals surface area (Å²) in [5, 5.41) is 0. The van der Waals surface area contributed by atoms with Crippen molar-refractivity contribution in [3.63, 3.8) is 0 Å². The minimum absolute atomic E-state index is 0.167. The average molecular weight is 325 g/mol. The number of rotatable bonds is 18. The van der Waals surface area contributed by atoms with Gasteiger partial charge in [-0.3, -0.25) is 4.79 Å². The second-order valence-corrected chi connectivity index (χ2v) is 6.65. The Balaban J connectivity index is 3.07. The van der Waals surface area contributed by atoms with Gasteiger partial charge in [0, 0.05) is 6.42 Å². The number of amides is 1. The molecule has 3 nitrogen and oxygen atoms in total. The zero-order valence-electron chi connectivity index (χ0n) is 15.2. The molecule has 0 aliphatic carbocycles. The van der Waals surface area contributed by atoms with E-state index in [0.717, 1.165) is 19.4 Å². The first-order valence-electron chi connectivity index (χ1n) is 9.90. The number of hydrogen-bond acceptors (Lipinski definition) is 2. The third kappa shape index (κ3) is 21.2.